The highest BCUT2D eigenvalue weighted by Crippen LogP contribution is 2.26. The Hall–Kier alpha value is -0.540. The van der Waals surface area contributed by atoms with Crippen LogP contribution in [0.5, 0.6) is 5.75 Å². The number of hydrogen-bond donors (Lipinski definition) is 2. The highest BCUT2D eigenvalue weighted by atomic mass is 79.9. The van der Waals surface area contributed by atoms with Crippen molar-refractivity contribution >= 4 is 15.9 Å². The van der Waals surface area contributed by atoms with Gasteiger partial charge in [0.05, 0.1) is 0 Å². The molecule has 0 heterocycles. The molecule has 0 spiro atoms. The minimum atomic E-state index is 0.400. The van der Waals surface area contributed by atoms with E-state index in [4.69, 9.17) is 0 Å². The Kier molecular flexibility index (Phi) is 4.42. The molecule has 0 saturated heterocycles. The average Bonchev–Trinajstić information content (AvgIpc) is 2.13. The first-order chi connectivity index (χ1) is 6.65. The molecule has 0 aromatic heterocycles. The van der Waals surface area contributed by atoms with E-state index in [9.17, 15) is 5.11 Å². The third-order valence-electron chi connectivity index (χ3n) is 2.09. The Labute approximate surface area is 93.5 Å². The van der Waals surface area contributed by atoms with Crippen LogP contribution >= 0.6 is 15.9 Å². The number of aromatic hydroxyl groups is 1. The molecular weight excluding hydrogens is 242 g/mol. The molecular formula is C11H16BrNO. The van der Waals surface area contributed by atoms with E-state index in [2.05, 4.69) is 28.2 Å². The van der Waals surface area contributed by atoms with E-state index < -0.39 is 0 Å². The van der Waals surface area contributed by atoms with Crippen LogP contribution in [0.4, 0.5) is 0 Å². The maximum atomic E-state index is 9.76. The second-order valence-corrected chi connectivity index (χ2v) is 4.32. The van der Waals surface area contributed by atoms with Crippen LogP contribution in [0.15, 0.2) is 16.6 Å². The summed E-state index contributed by atoms with van der Waals surface area (Å²) in [6.07, 6.45) is 1.10. The van der Waals surface area contributed by atoms with Gasteiger partial charge in [-0.05, 0) is 37.6 Å². The molecule has 0 fully saturated rings. The molecule has 0 atom stereocenters. The summed E-state index contributed by atoms with van der Waals surface area (Å²) in [6.45, 7) is 5.73. The fourth-order valence-electron chi connectivity index (χ4n) is 1.34. The van der Waals surface area contributed by atoms with Crippen molar-refractivity contribution in [3.63, 3.8) is 0 Å². The zero-order valence-corrected chi connectivity index (χ0v) is 10.2. The largest absolute Gasteiger partial charge is 0.507 e. The molecule has 1 aromatic carbocycles. The molecule has 1 rings (SSSR count). The van der Waals surface area contributed by atoms with Crippen LogP contribution in [-0.4, -0.2) is 11.7 Å². The van der Waals surface area contributed by atoms with Crippen molar-refractivity contribution in [2.45, 2.75) is 26.8 Å². The van der Waals surface area contributed by atoms with Gasteiger partial charge in [-0.1, -0.05) is 22.9 Å². The van der Waals surface area contributed by atoms with Gasteiger partial charge in [-0.15, -0.1) is 0 Å². The van der Waals surface area contributed by atoms with Crippen molar-refractivity contribution in [3.8, 4) is 5.75 Å². The minimum absolute atomic E-state index is 0.400. The molecule has 78 valence electrons. The smallest absolute Gasteiger partial charge is 0.123 e. The second kappa shape index (κ2) is 5.37. The van der Waals surface area contributed by atoms with Crippen molar-refractivity contribution < 1.29 is 5.11 Å². The Balaban J connectivity index is 2.75. The van der Waals surface area contributed by atoms with E-state index >= 15 is 0 Å². The van der Waals surface area contributed by atoms with Crippen molar-refractivity contribution in [2.24, 2.45) is 0 Å². The Bertz CT molecular complexity index is 312. The van der Waals surface area contributed by atoms with Gasteiger partial charge in [0.2, 0.25) is 0 Å². The average molecular weight is 258 g/mol. The molecule has 2 nitrogen and oxygen atoms in total. The lowest BCUT2D eigenvalue weighted by molar-refractivity contribution is 0.460. The van der Waals surface area contributed by atoms with Crippen LogP contribution in [0.25, 0.3) is 0 Å². The molecule has 0 aliphatic carbocycles. The molecule has 14 heavy (non-hydrogen) atoms. The van der Waals surface area contributed by atoms with Crippen LogP contribution in [0.1, 0.15) is 24.5 Å². The summed E-state index contributed by atoms with van der Waals surface area (Å²) in [5, 5.41) is 13.0. The maximum absolute atomic E-state index is 9.76. The van der Waals surface area contributed by atoms with Crippen LogP contribution in [-0.2, 0) is 6.54 Å². The molecule has 1 aromatic rings. The fourth-order valence-corrected chi connectivity index (χ4v) is 1.96. The first kappa shape index (κ1) is 11.5. The van der Waals surface area contributed by atoms with Gasteiger partial charge in [-0.25, -0.2) is 0 Å². The number of hydrogen-bond acceptors (Lipinski definition) is 2. The molecule has 0 aliphatic rings. The van der Waals surface area contributed by atoms with Crippen molar-refractivity contribution in [1.29, 1.82) is 0 Å². The zero-order valence-electron chi connectivity index (χ0n) is 8.60. The monoisotopic (exact) mass is 257 g/mol. The first-order valence-electron chi connectivity index (χ1n) is 4.84. The lowest BCUT2D eigenvalue weighted by atomic mass is 10.1. The SMILES string of the molecule is CCCNCc1cc(Br)cc(C)c1O. The molecule has 0 bridgehead atoms. The summed E-state index contributed by atoms with van der Waals surface area (Å²) in [5.41, 5.74) is 1.86. The number of benzene rings is 1. The van der Waals surface area contributed by atoms with Gasteiger partial charge in [0.15, 0.2) is 0 Å². The van der Waals surface area contributed by atoms with E-state index in [0.29, 0.717) is 5.75 Å². The first-order valence-corrected chi connectivity index (χ1v) is 5.63. The van der Waals surface area contributed by atoms with Gasteiger partial charge in [-0.2, -0.15) is 0 Å². The van der Waals surface area contributed by atoms with Crippen LogP contribution in [0.2, 0.25) is 0 Å². The van der Waals surface area contributed by atoms with Gasteiger partial charge in [0.1, 0.15) is 5.75 Å². The predicted octanol–water partition coefficient (Wildman–Crippen LogP) is 2.96. The van der Waals surface area contributed by atoms with E-state index in [1.165, 1.54) is 0 Å². The topological polar surface area (TPSA) is 32.3 Å². The predicted molar refractivity (Wildman–Crippen MR) is 62.5 cm³/mol. The van der Waals surface area contributed by atoms with Crippen LogP contribution in [0.3, 0.4) is 0 Å². The Morgan fingerprint density at radius 2 is 2.14 bits per heavy atom. The molecule has 0 saturated carbocycles. The summed E-state index contributed by atoms with van der Waals surface area (Å²) in [5.74, 6) is 0.400. The normalized spacial score (nSPS) is 10.5. The standard InChI is InChI=1S/C11H16BrNO/c1-3-4-13-7-9-6-10(12)5-8(2)11(9)14/h5-6,13-14H,3-4,7H2,1-2H3. The van der Waals surface area contributed by atoms with E-state index in [0.717, 1.165) is 35.1 Å². The lowest BCUT2D eigenvalue weighted by Crippen LogP contribution is -2.14. The van der Waals surface area contributed by atoms with Gasteiger partial charge < -0.3 is 10.4 Å². The number of phenolic OH excluding ortho intramolecular Hbond substituents is 1. The van der Waals surface area contributed by atoms with Gasteiger partial charge >= 0.3 is 0 Å². The third kappa shape index (κ3) is 3.00. The number of aryl methyl sites for hydroxylation is 1. The molecule has 2 N–H and O–H groups in total. The molecule has 0 radical (unpaired) electrons. The van der Waals surface area contributed by atoms with Crippen molar-refractivity contribution in [3.05, 3.63) is 27.7 Å². The zero-order chi connectivity index (χ0) is 10.6. The van der Waals surface area contributed by atoms with Gasteiger partial charge in [-0.3, -0.25) is 0 Å². The lowest BCUT2D eigenvalue weighted by Gasteiger charge is -2.08. The number of rotatable bonds is 4. The Morgan fingerprint density at radius 1 is 1.43 bits per heavy atom. The highest BCUT2D eigenvalue weighted by Gasteiger charge is 2.05. The third-order valence-corrected chi connectivity index (χ3v) is 2.54. The molecule has 0 amide bonds. The fraction of sp³-hybridized carbons (Fsp3) is 0.455. The van der Waals surface area contributed by atoms with Gasteiger partial charge in [0, 0.05) is 16.6 Å². The molecule has 0 unspecified atom stereocenters. The quantitative estimate of drug-likeness (QED) is 0.814. The van der Waals surface area contributed by atoms with E-state index in [-0.39, 0.29) is 0 Å². The highest BCUT2D eigenvalue weighted by molar-refractivity contribution is 9.10. The molecule has 0 aliphatic heterocycles. The van der Waals surface area contributed by atoms with E-state index in [1.54, 1.807) is 0 Å². The van der Waals surface area contributed by atoms with Crippen LogP contribution < -0.4 is 5.32 Å². The molecule has 3 heteroatoms. The Morgan fingerprint density at radius 3 is 2.79 bits per heavy atom. The number of nitrogens with one attached hydrogen (secondary N) is 1. The minimum Gasteiger partial charge on any atom is -0.507 e. The summed E-state index contributed by atoms with van der Waals surface area (Å²) >= 11 is 3.42. The summed E-state index contributed by atoms with van der Waals surface area (Å²) in [6, 6.07) is 3.86. The second-order valence-electron chi connectivity index (χ2n) is 3.41. The number of halogens is 1. The van der Waals surface area contributed by atoms with Crippen molar-refractivity contribution in [2.75, 3.05) is 6.54 Å². The summed E-state index contributed by atoms with van der Waals surface area (Å²) in [4.78, 5) is 0. The number of phenols is 1. The van der Waals surface area contributed by atoms with Gasteiger partial charge in [0.25, 0.3) is 0 Å². The van der Waals surface area contributed by atoms with Crippen molar-refractivity contribution in [1.82, 2.24) is 5.32 Å². The van der Waals surface area contributed by atoms with E-state index in [1.807, 2.05) is 19.1 Å². The summed E-state index contributed by atoms with van der Waals surface area (Å²) in [7, 11) is 0. The summed E-state index contributed by atoms with van der Waals surface area (Å²) < 4.78 is 1.01. The maximum Gasteiger partial charge on any atom is 0.123 e. The van der Waals surface area contributed by atoms with Crippen LogP contribution in [0, 0.1) is 6.92 Å².